The average molecular weight is 337 g/mol. The molecular formula is C18H15N3O2S. The molecule has 3 N–H and O–H groups in total. The number of anilines is 2. The standard InChI is InChI=1S/C18H15N3O2S/c1-11-4-2-3-5-14(11)16(22)15-10-20-18(24-15)21-13-8-6-12(7-9-13)17(19)23/h2-10H,1H3,(H2,19,23)(H,20,21). The highest BCUT2D eigenvalue weighted by molar-refractivity contribution is 7.17. The number of nitrogens with two attached hydrogens (primary N) is 1. The number of rotatable bonds is 5. The van der Waals surface area contributed by atoms with Gasteiger partial charge in [-0.1, -0.05) is 35.6 Å². The molecular weight excluding hydrogens is 322 g/mol. The smallest absolute Gasteiger partial charge is 0.248 e. The van der Waals surface area contributed by atoms with Crippen LogP contribution in [0.2, 0.25) is 0 Å². The number of hydrogen-bond acceptors (Lipinski definition) is 5. The molecule has 3 aromatic rings. The van der Waals surface area contributed by atoms with Gasteiger partial charge in [-0.25, -0.2) is 4.98 Å². The van der Waals surface area contributed by atoms with Gasteiger partial charge in [-0.05, 0) is 36.8 Å². The van der Waals surface area contributed by atoms with E-state index in [9.17, 15) is 9.59 Å². The van der Waals surface area contributed by atoms with E-state index < -0.39 is 5.91 Å². The van der Waals surface area contributed by atoms with Crippen molar-refractivity contribution in [2.24, 2.45) is 5.73 Å². The molecule has 0 saturated carbocycles. The van der Waals surface area contributed by atoms with Gasteiger partial charge in [0, 0.05) is 16.8 Å². The van der Waals surface area contributed by atoms with Gasteiger partial charge in [-0.2, -0.15) is 0 Å². The first-order valence-corrected chi connectivity index (χ1v) is 8.09. The zero-order chi connectivity index (χ0) is 17.1. The second-order valence-corrected chi connectivity index (χ2v) is 6.27. The number of carbonyl (C=O) groups is 2. The molecule has 120 valence electrons. The van der Waals surface area contributed by atoms with Gasteiger partial charge in [0.25, 0.3) is 0 Å². The Morgan fingerprint density at radius 3 is 2.46 bits per heavy atom. The topological polar surface area (TPSA) is 85.1 Å². The van der Waals surface area contributed by atoms with E-state index in [1.165, 1.54) is 11.3 Å². The van der Waals surface area contributed by atoms with Crippen LogP contribution in [0.4, 0.5) is 10.8 Å². The highest BCUT2D eigenvalue weighted by atomic mass is 32.1. The quantitative estimate of drug-likeness (QED) is 0.698. The summed E-state index contributed by atoms with van der Waals surface area (Å²) in [5.74, 6) is -0.510. The molecule has 0 radical (unpaired) electrons. The molecule has 0 aliphatic rings. The molecule has 0 aliphatic carbocycles. The number of nitrogens with zero attached hydrogens (tertiary/aromatic N) is 1. The predicted molar refractivity (Wildman–Crippen MR) is 95.0 cm³/mol. The first-order valence-electron chi connectivity index (χ1n) is 7.27. The summed E-state index contributed by atoms with van der Waals surface area (Å²) >= 11 is 1.29. The van der Waals surface area contributed by atoms with Crippen LogP contribution in [-0.4, -0.2) is 16.7 Å². The number of aromatic nitrogens is 1. The number of hydrogen-bond donors (Lipinski definition) is 2. The molecule has 0 spiro atoms. The van der Waals surface area contributed by atoms with E-state index in [1.54, 1.807) is 30.5 Å². The Hall–Kier alpha value is -2.99. The molecule has 5 nitrogen and oxygen atoms in total. The molecule has 0 fully saturated rings. The van der Waals surface area contributed by atoms with E-state index in [1.807, 2.05) is 31.2 Å². The summed E-state index contributed by atoms with van der Waals surface area (Å²) in [6, 6.07) is 14.2. The largest absolute Gasteiger partial charge is 0.366 e. The zero-order valence-electron chi connectivity index (χ0n) is 12.9. The number of primary amides is 1. The third-order valence-corrected chi connectivity index (χ3v) is 4.45. The van der Waals surface area contributed by atoms with Gasteiger partial charge in [0.05, 0.1) is 11.1 Å². The lowest BCUT2D eigenvalue weighted by atomic mass is 10.0. The Morgan fingerprint density at radius 2 is 1.79 bits per heavy atom. The molecule has 2 aromatic carbocycles. The second-order valence-electron chi connectivity index (χ2n) is 5.24. The monoisotopic (exact) mass is 337 g/mol. The lowest BCUT2D eigenvalue weighted by Crippen LogP contribution is -2.10. The summed E-state index contributed by atoms with van der Waals surface area (Å²) in [6.07, 6.45) is 1.57. The zero-order valence-corrected chi connectivity index (χ0v) is 13.8. The Morgan fingerprint density at radius 1 is 1.08 bits per heavy atom. The molecule has 1 aromatic heterocycles. The molecule has 0 saturated heterocycles. The Balaban J connectivity index is 1.77. The maximum Gasteiger partial charge on any atom is 0.248 e. The van der Waals surface area contributed by atoms with Crippen molar-refractivity contribution in [3.63, 3.8) is 0 Å². The van der Waals surface area contributed by atoms with E-state index in [4.69, 9.17) is 5.73 Å². The molecule has 24 heavy (non-hydrogen) atoms. The summed E-state index contributed by atoms with van der Waals surface area (Å²) in [4.78, 5) is 28.4. The number of thiazole rings is 1. The van der Waals surface area contributed by atoms with E-state index in [0.717, 1.165) is 11.3 Å². The molecule has 0 aliphatic heterocycles. The molecule has 0 bridgehead atoms. The van der Waals surface area contributed by atoms with E-state index in [0.29, 0.717) is 21.1 Å². The van der Waals surface area contributed by atoms with Crippen molar-refractivity contribution in [1.82, 2.24) is 4.98 Å². The summed E-state index contributed by atoms with van der Waals surface area (Å²) in [5.41, 5.74) is 8.04. The summed E-state index contributed by atoms with van der Waals surface area (Å²) in [7, 11) is 0. The van der Waals surface area contributed by atoms with Gasteiger partial charge in [0.1, 0.15) is 0 Å². The minimum atomic E-state index is -0.470. The van der Waals surface area contributed by atoms with Gasteiger partial charge >= 0.3 is 0 Å². The minimum Gasteiger partial charge on any atom is -0.366 e. The van der Waals surface area contributed by atoms with E-state index in [-0.39, 0.29) is 5.78 Å². The molecule has 3 rings (SSSR count). The highest BCUT2D eigenvalue weighted by Crippen LogP contribution is 2.25. The number of ketones is 1. The van der Waals surface area contributed by atoms with Gasteiger partial charge in [0.15, 0.2) is 5.13 Å². The van der Waals surface area contributed by atoms with Crippen molar-refractivity contribution in [2.45, 2.75) is 6.92 Å². The third-order valence-electron chi connectivity index (χ3n) is 3.54. The van der Waals surface area contributed by atoms with Crippen LogP contribution in [0.25, 0.3) is 0 Å². The fraction of sp³-hybridized carbons (Fsp3) is 0.0556. The molecule has 0 unspecified atom stereocenters. The van der Waals surface area contributed by atoms with Crippen LogP contribution in [0.15, 0.2) is 54.7 Å². The van der Waals surface area contributed by atoms with Crippen LogP contribution in [0.1, 0.15) is 31.2 Å². The second kappa shape index (κ2) is 6.64. The summed E-state index contributed by atoms with van der Waals surface area (Å²) in [5, 5.41) is 3.72. The molecule has 1 amide bonds. The van der Waals surface area contributed by atoms with Crippen molar-refractivity contribution in [2.75, 3.05) is 5.32 Å². The lowest BCUT2D eigenvalue weighted by Gasteiger charge is -2.03. The van der Waals surface area contributed by atoms with Crippen molar-refractivity contribution >= 4 is 33.8 Å². The normalized spacial score (nSPS) is 10.4. The number of benzene rings is 2. The van der Waals surface area contributed by atoms with Crippen LogP contribution in [-0.2, 0) is 0 Å². The lowest BCUT2D eigenvalue weighted by molar-refractivity contribution is 0.0998. The maximum atomic E-state index is 12.5. The average Bonchev–Trinajstić information content (AvgIpc) is 3.04. The fourth-order valence-electron chi connectivity index (χ4n) is 2.24. The number of carbonyl (C=O) groups excluding carboxylic acids is 2. The maximum absolute atomic E-state index is 12.5. The van der Waals surface area contributed by atoms with Crippen molar-refractivity contribution in [3.05, 3.63) is 76.3 Å². The van der Waals surface area contributed by atoms with Gasteiger partial charge in [-0.15, -0.1) is 0 Å². The first kappa shape index (κ1) is 15.9. The molecule has 1 heterocycles. The van der Waals surface area contributed by atoms with Crippen LogP contribution in [0.3, 0.4) is 0 Å². The molecule has 0 atom stereocenters. The van der Waals surface area contributed by atoms with Gasteiger partial charge in [-0.3, -0.25) is 9.59 Å². The van der Waals surface area contributed by atoms with Crippen molar-refractivity contribution < 1.29 is 9.59 Å². The number of amides is 1. The van der Waals surface area contributed by atoms with Crippen molar-refractivity contribution in [1.29, 1.82) is 0 Å². The number of aryl methyl sites for hydroxylation is 1. The van der Waals surface area contributed by atoms with Gasteiger partial charge in [0.2, 0.25) is 11.7 Å². The SMILES string of the molecule is Cc1ccccc1C(=O)c1cnc(Nc2ccc(C(N)=O)cc2)s1. The Labute approximate surface area is 143 Å². The van der Waals surface area contributed by atoms with Crippen molar-refractivity contribution in [3.8, 4) is 0 Å². The van der Waals surface area contributed by atoms with E-state index >= 15 is 0 Å². The summed E-state index contributed by atoms with van der Waals surface area (Å²) in [6.45, 7) is 1.91. The Kier molecular flexibility index (Phi) is 4.39. The minimum absolute atomic E-state index is 0.0391. The first-order chi connectivity index (χ1) is 11.5. The van der Waals surface area contributed by atoms with Gasteiger partial charge < -0.3 is 11.1 Å². The van der Waals surface area contributed by atoms with E-state index in [2.05, 4.69) is 10.3 Å². The third kappa shape index (κ3) is 3.33. The number of nitrogens with one attached hydrogen (secondary N) is 1. The fourth-order valence-corrected chi connectivity index (χ4v) is 3.03. The highest BCUT2D eigenvalue weighted by Gasteiger charge is 2.14. The van der Waals surface area contributed by atoms with Crippen LogP contribution in [0, 0.1) is 6.92 Å². The predicted octanol–water partition coefficient (Wildman–Crippen LogP) is 3.53. The Bertz CT molecular complexity index is 901. The molecule has 6 heteroatoms. The van der Waals surface area contributed by atoms with Crippen LogP contribution >= 0.6 is 11.3 Å². The van der Waals surface area contributed by atoms with Crippen LogP contribution < -0.4 is 11.1 Å². The summed E-state index contributed by atoms with van der Waals surface area (Å²) < 4.78 is 0. The van der Waals surface area contributed by atoms with Crippen LogP contribution in [0.5, 0.6) is 0 Å².